The predicted molar refractivity (Wildman–Crippen MR) is 76.1 cm³/mol. The van der Waals surface area contributed by atoms with Gasteiger partial charge in [0.05, 0.1) is 5.54 Å². The van der Waals surface area contributed by atoms with E-state index in [-0.39, 0.29) is 5.91 Å². The highest BCUT2D eigenvalue weighted by Crippen LogP contribution is 2.17. The molecule has 1 N–H and O–H groups in total. The average Bonchev–Trinajstić information content (AvgIpc) is 2.36. The number of hydrogen-bond donors (Lipinski definition) is 1. The van der Waals surface area contributed by atoms with Gasteiger partial charge >= 0.3 is 0 Å². The van der Waals surface area contributed by atoms with Crippen LogP contribution in [-0.4, -0.2) is 23.2 Å². The summed E-state index contributed by atoms with van der Waals surface area (Å²) in [5.74, 6) is 0.439. The van der Waals surface area contributed by atoms with Crippen molar-refractivity contribution in [2.75, 3.05) is 11.8 Å². The van der Waals surface area contributed by atoms with E-state index >= 15 is 0 Å². The van der Waals surface area contributed by atoms with Crippen molar-refractivity contribution in [3.63, 3.8) is 0 Å². The van der Waals surface area contributed by atoms with E-state index in [4.69, 9.17) is 23.2 Å². The molecule has 0 atom stereocenters. The number of rotatable bonds is 5. The molecule has 0 aromatic heterocycles. The molecule has 5 heteroatoms. The van der Waals surface area contributed by atoms with Crippen LogP contribution in [0.15, 0.2) is 28.7 Å². The highest BCUT2D eigenvalue weighted by molar-refractivity contribution is 9.10. The fourth-order valence-corrected chi connectivity index (χ4v) is 2.52. The van der Waals surface area contributed by atoms with E-state index in [1.165, 1.54) is 0 Å². The summed E-state index contributed by atoms with van der Waals surface area (Å²) in [6.07, 6.45) is 0.694. The zero-order valence-corrected chi connectivity index (χ0v) is 12.6. The van der Waals surface area contributed by atoms with E-state index in [1.807, 2.05) is 19.1 Å². The number of amides is 1. The molecular formula is C12H14BrCl2NO. The van der Waals surface area contributed by atoms with Gasteiger partial charge in [-0.3, -0.25) is 4.79 Å². The Morgan fingerprint density at radius 2 is 2.06 bits per heavy atom. The summed E-state index contributed by atoms with van der Waals surface area (Å²) in [4.78, 5) is 12.0. The van der Waals surface area contributed by atoms with Crippen LogP contribution in [0.2, 0.25) is 0 Å². The topological polar surface area (TPSA) is 29.1 Å². The lowest BCUT2D eigenvalue weighted by molar-refractivity contribution is 0.0913. The van der Waals surface area contributed by atoms with Gasteiger partial charge in [0.2, 0.25) is 0 Å². The fourth-order valence-electron chi connectivity index (χ4n) is 1.32. The minimum atomic E-state index is -0.539. The smallest absolute Gasteiger partial charge is 0.251 e. The van der Waals surface area contributed by atoms with Crippen LogP contribution in [0.5, 0.6) is 0 Å². The van der Waals surface area contributed by atoms with Crippen LogP contribution in [0.4, 0.5) is 0 Å². The first-order valence-corrected chi connectivity index (χ1v) is 7.13. The van der Waals surface area contributed by atoms with Crippen LogP contribution in [0.1, 0.15) is 23.7 Å². The molecule has 0 unspecified atom stereocenters. The summed E-state index contributed by atoms with van der Waals surface area (Å²) in [6.45, 7) is 1.95. The molecule has 1 aromatic rings. The maximum atomic E-state index is 12.0. The Labute approximate surface area is 120 Å². The third kappa shape index (κ3) is 3.87. The minimum absolute atomic E-state index is 0.158. The van der Waals surface area contributed by atoms with Crippen molar-refractivity contribution in [1.82, 2.24) is 5.32 Å². The van der Waals surface area contributed by atoms with E-state index in [0.29, 0.717) is 23.7 Å². The van der Waals surface area contributed by atoms with Crippen molar-refractivity contribution < 1.29 is 4.79 Å². The molecule has 0 saturated heterocycles. The number of carbonyl (C=O) groups is 1. The average molecular weight is 339 g/mol. The van der Waals surface area contributed by atoms with E-state index in [0.717, 1.165) is 4.47 Å². The van der Waals surface area contributed by atoms with Crippen LogP contribution in [0.25, 0.3) is 0 Å². The Morgan fingerprint density at radius 1 is 1.41 bits per heavy atom. The van der Waals surface area contributed by atoms with Crippen molar-refractivity contribution in [2.45, 2.75) is 18.9 Å². The number of hydrogen-bond acceptors (Lipinski definition) is 1. The molecule has 0 heterocycles. The maximum absolute atomic E-state index is 12.0. The molecule has 0 aliphatic carbocycles. The molecule has 94 valence electrons. The molecule has 1 amide bonds. The molecule has 2 nitrogen and oxygen atoms in total. The second-order valence-electron chi connectivity index (χ2n) is 3.87. The highest BCUT2D eigenvalue weighted by atomic mass is 79.9. The molecule has 0 bridgehead atoms. The standard InChI is InChI=1S/C12H14BrCl2NO/c1-2-12(7-14,8-15)16-11(17)9-4-3-5-10(13)6-9/h3-6H,2,7-8H2,1H3,(H,16,17). The third-order valence-electron chi connectivity index (χ3n) is 2.65. The molecule has 0 aliphatic rings. The maximum Gasteiger partial charge on any atom is 0.251 e. The van der Waals surface area contributed by atoms with Crippen LogP contribution in [0, 0.1) is 0 Å². The SMILES string of the molecule is CCC(CCl)(CCl)NC(=O)c1cccc(Br)c1. The monoisotopic (exact) mass is 337 g/mol. The quantitative estimate of drug-likeness (QED) is 0.813. The van der Waals surface area contributed by atoms with Gasteiger partial charge in [-0.2, -0.15) is 0 Å². The largest absolute Gasteiger partial charge is 0.344 e. The molecular weight excluding hydrogens is 325 g/mol. The second kappa shape index (κ2) is 6.62. The Bertz CT molecular complexity index is 386. The Morgan fingerprint density at radius 3 is 2.53 bits per heavy atom. The second-order valence-corrected chi connectivity index (χ2v) is 5.32. The molecule has 1 rings (SSSR count). The van der Waals surface area contributed by atoms with Crippen molar-refractivity contribution in [2.24, 2.45) is 0 Å². The first-order valence-electron chi connectivity index (χ1n) is 5.27. The molecule has 17 heavy (non-hydrogen) atoms. The lowest BCUT2D eigenvalue weighted by Gasteiger charge is -2.29. The van der Waals surface area contributed by atoms with E-state index < -0.39 is 5.54 Å². The highest BCUT2D eigenvalue weighted by Gasteiger charge is 2.28. The van der Waals surface area contributed by atoms with Gasteiger partial charge in [0, 0.05) is 21.8 Å². The summed E-state index contributed by atoms with van der Waals surface area (Å²) >= 11 is 15.1. The molecule has 0 radical (unpaired) electrons. The summed E-state index contributed by atoms with van der Waals surface area (Å²) in [7, 11) is 0. The van der Waals surface area contributed by atoms with E-state index in [2.05, 4.69) is 21.2 Å². The van der Waals surface area contributed by atoms with Gasteiger partial charge in [-0.25, -0.2) is 0 Å². The van der Waals surface area contributed by atoms with Crippen LogP contribution < -0.4 is 5.32 Å². The first-order chi connectivity index (χ1) is 8.06. The van der Waals surface area contributed by atoms with Gasteiger partial charge in [-0.1, -0.05) is 28.9 Å². The summed E-state index contributed by atoms with van der Waals surface area (Å²) in [5, 5.41) is 2.90. The fraction of sp³-hybridized carbons (Fsp3) is 0.417. The van der Waals surface area contributed by atoms with Gasteiger partial charge in [0.25, 0.3) is 5.91 Å². The predicted octanol–water partition coefficient (Wildman–Crippen LogP) is 3.81. The van der Waals surface area contributed by atoms with Crippen LogP contribution in [-0.2, 0) is 0 Å². The van der Waals surface area contributed by atoms with Gasteiger partial charge in [0.1, 0.15) is 0 Å². The van der Waals surface area contributed by atoms with Gasteiger partial charge < -0.3 is 5.32 Å². The molecule has 0 spiro atoms. The lowest BCUT2D eigenvalue weighted by atomic mass is 10.0. The van der Waals surface area contributed by atoms with Crippen molar-refractivity contribution in [3.8, 4) is 0 Å². The summed E-state index contributed by atoms with van der Waals surface area (Å²) < 4.78 is 0.865. The number of alkyl halides is 2. The molecule has 0 saturated carbocycles. The van der Waals surface area contributed by atoms with Crippen molar-refractivity contribution in [3.05, 3.63) is 34.3 Å². The van der Waals surface area contributed by atoms with Crippen molar-refractivity contribution in [1.29, 1.82) is 0 Å². The molecule has 0 fully saturated rings. The van der Waals surface area contributed by atoms with E-state index in [9.17, 15) is 4.79 Å². The van der Waals surface area contributed by atoms with Crippen molar-refractivity contribution >= 4 is 45.0 Å². The number of carbonyl (C=O) groups excluding carboxylic acids is 1. The van der Waals surface area contributed by atoms with Gasteiger partial charge in [-0.15, -0.1) is 23.2 Å². The zero-order chi connectivity index (χ0) is 12.9. The minimum Gasteiger partial charge on any atom is -0.344 e. The number of nitrogens with one attached hydrogen (secondary N) is 1. The van der Waals surface area contributed by atoms with Crippen LogP contribution >= 0.6 is 39.1 Å². The zero-order valence-electron chi connectivity index (χ0n) is 9.47. The van der Waals surface area contributed by atoms with Gasteiger partial charge in [0.15, 0.2) is 0 Å². The third-order valence-corrected chi connectivity index (χ3v) is 4.17. The molecule has 0 aliphatic heterocycles. The first kappa shape index (κ1) is 14.8. The Hall–Kier alpha value is -0.250. The lowest BCUT2D eigenvalue weighted by Crippen LogP contribution is -2.51. The Kier molecular flexibility index (Phi) is 5.77. The Balaban J connectivity index is 2.84. The number of benzene rings is 1. The van der Waals surface area contributed by atoms with Crippen LogP contribution in [0.3, 0.4) is 0 Å². The molecule has 1 aromatic carbocycles. The summed E-state index contributed by atoms with van der Waals surface area (Å²) in [5.41, 5.74) is 0.0510. The van der Waals surface area contributed by atoms with Gasteiger partial charge in [-0.05, 0) is 24.6 Å². The summed E-state index contributed by atoms with van der Waals surface area (Å²) in [6, 6.07) is 7.20. The number of halogens is 3. The van der Waals surface area contributed by atoms with E-state index in [1.54, 1.807) is 12.1 Å². The normalized spacial score (nSPS) is 11.3.